The summed E-state index contributed by atoms with van der Waals surface area (Å²) in [7, 11) is -9.86. The van der Waals surface area contributed by atoms with Gasteiger partial charge in [0, 0.05) is 42.5 Å². The van der Waals surface area contributed by atoms with Crippen molar-refractivity contribution in [3.63, 3.8) is 0 Å². The summed E-state index contributed by atoms with van der Waals surface area (Å²) in [4.78, 5) is 56.3. The number of benzene rings is 5. The van der Waals surface area contributed by atoms with Crippen molar-refractivity contribution in [1.82, 2.24) is 9.13 Å². The number of pyridine rings is 2. The molecule has 7 rings (SSSR count). The number of carbonyl (C=O) groups is 2. The van der Waals surface area contributed by atoms with Crippen LogP contribution in [0.15, 0.2) is 114 Å². The fourth-order valence-electron chi connectivity index (χ4n) is 6.50. The molecule has 0 saturated heterocycles. The third-order valence-corrected chi connectivity index (χ3v) is 11.7. The zero-order valence-electron chi connectivity index (χ0n) is 29.3. The number of aromatic nitrogens is 2. The van der Waals surface area contributed by atoms with Crippen LogP contribution in [0.25, 0.3) is 43.6 Å². The van der Waals surface area contributed by atoms with Crippen molar-refractivity contribution in [3.05, 3.63) is 128 Å². The van der Waals surface area contributed by atoms with Crippen LogP contribution in [0.5, 0.6) is 0 Å². The first kappa shape index (κ1) is 40.8. The topological polar surface area (TPSA) is 264 Å². The van der Waals surface area contributed by atoms with Gasteiger partial charge in [-0.05, 0) is 86.6 Å². The Morgan fingerprint density at radius 2 is 0.897 bits per heavy atom. The summed E-state index contributed by atoms with van der Waals surface area (Å²) >= 11 is 0.592. The molecule has 18 nitrogen and oxygen atoms in total. The van der Waals surface area contributed by atoms with E-state index in [1.165, 1.54) is 36.4 Å². The fourth-order valence-corrected chi connectivity index (χ4v) is 8.67. The average molecular weight is 869 g/mol. The summed E-state index contributed by atoms with van der Waals surface area (Å²) in [5.41, 5.74) is -1.05. The number of fused-ring (bicyclic) bond motifs is 4. The van der Waals surface area contributed by atoms with Crippen molar-refractivity contribution in [2.24, 2.45) is 0 Å². The lowest BCUT2D eigenvalue weighted by Crippen LogP contribution is -2.22. The molecule has 0 aliphatic heterocycles. The van der Waals surface area contributed by atoms with Gasteiger partial charge in [-0.15, -0.1) is 8.67 Å². The first-order chi connectivity index (χ1) is 27.4. The van der Waals surface area contributed by atoms with Crippen molar-refractivity contribution in [1.29, 1.82) is 0 Å². The SMILES string of the molecule is Cc1ccc2c(c1)c(=O)c1cc3c(cc1n2C(=O)c1cc(SOOO)cc(S(=O)(=O)O)c1)c(=O)c1cc(C)ccc1n3C(=O)c1cc(SOOO)cc(S(=O)(=O)O)c1. The van der Waals surface area contributed by atoms with Gasteiger partial charge in [0.25, 0.3) is 32.1 Å². The predicted octanol–water partition coefficient (Wildman–Crippen LogP) is 5.97. The molecule has 7 aromatic rings. The summed E-state index contributed by atoms with van der Waals surface area (Å²) < 4.78 is 79.7. The van der Waals surface area contributed by atoms with Crippen LogP contribution in [-0.2, 0) is 39.0 Å². The molecule has 0 bridgehead atoms. The number of rotatable bonds is 10. The Kier molecular flexibility index (Phi) is 10.9. The minimum atomic E-state index is -4.93. The Morgan fingerprint density at radius 3 is 1.24 bits per heavy atom. The lowest BCUT2D eigenvalue weighted by atomic mass is 10.0. The second-order valence-electron chi connectivity index (χ2n) is 12.7. The second kappa shape index (κ2) is 15.4. The highest BCUT2D eigenvalue weighted by Crippen LogP contribution is 2.32. The van der Waals surface area contributed by atoms with E-state index >= 15 is 0 Å². The van der Waals surface area contributed by atoms with Gasteiger partial charge in [0.2, 0.25) is 0 Å². The molecule has 4 N–H and O–H groups in total. The van der Waals surface area contributed by atoms with E-state index in [1.54, 1.807) is 26.0 Å². The van der Waals surface area contributed by atoms with E-state index in [2.05, 4.69) is 18.7 Å². The van der Waals surface area contributed by atoms with Crippen LogP contribution in [-0.4, -0.2) is 57.4 Å². The summed E-state index contributed by atoms with van der Waals surface area (Å²) in [6.45, 7) is 3.38. The molecule has 0 atom stereocenters. The Balaban J connectivity index is 1.61. The molecule has 22 heteroatoms. The van der Waals surface area contributed by atoms with Gasteiger partial charge in [-0.25, -0.2) is 10.5 Å². The van der Waals surface area contributed by atoms with Crippen LogP contribution in [0.1, 0.15) is 31.8 Å². The quantitative estimate of drug-likeness (QED) is 0.0406. The van der Waals surface area contributed by atoms with Crippen LogP contribution >= 0.6 is 24.1 Å². The number of hydrogen-bond donors (Lipinski definition) is 4. The molecule has 2 heterocycles. The average Bonchev–Trinajstić information content (AvgIpc) is 3.18. The van der Waals surface area contributed by atoms with Crippen LogP contribution < -0.4 is 10.9 Å². The lowest BCUT2D eigenvalue weighted by molar-refractivity contribution is -0.432. The van der Waals surface area contributed by atoms with Crippen molar-refractivity contribution in [2.45, 2.75) is 33.4 Å². The van der Waals surface area contributed by atoms with E-state index in [9.17, 15) is 45.1 Å². The standard InChI is InChI=1S/C36H24N2O16S4/c1-17-3-5-29-25(7-17)33(39)27-15-32-28(16-31(27)37(29)35(41)19-9-21(55-53-51-43)13-23(11-19)57(45,46)47)34(40)26-8-18(2)4-6-30(26)38(32)36(42)20-10-22(56-54-52-44)14-24(12-20)58(48,49)50/h3-16,43-44H,1-2H3,(H,45,46,47)(H,48,49,50). The molecule has 0 amide bonds. The predicted molar refractivity (Wildman–Crippen MR) is 208 cm³/mol. The van der Waals surface area contributed by atoms with Gasteiger partial charge >= 0.3 is 0 Å². The maximum absolute atomic E-state index is 14.6. The first-order valence-corrected chi connectivity index (χ1v) is 20.5. The van der Waals surface area contributed by atoms with E-state index < -0.39 is 52.7 Å². The van der Waals surface area contributed by atoms with Crippen LogP contribution in [0, 0.1) is 13.8 Å². The molecule has 0 unspecified atom stereocenters. The normalized spacial score (nSPS) is 12.2. The summed E-state index contributed by atoms with van der Waals surface area (Å²) in [5, 5.41) is 24.2. The van der Waals surface area contributed by atoms with Crippen LogP contribution in [0.2, 0.25) is 0 Å². The maximum atomic E-state index is 14.6. The molecule has 5 aromatic carbocycles. The first-order valence-electron chi connectivity index (χ1n) is 16.1. The minimum Gasteiger partial charge on any atom is -0.288 e. The lowest BCUT2D eigenvalue weighted by Gasteiger charge is -2.19. The number of nitrogens with zero attached hydrogens (tertiary/aromatic N) is 2. The van der Waals surface area contributed by atoms with Crippen molar-refractivity contribution in [3.8, 4) is 0 Å². The number of aryl methyl sites for hydroxylation is 2. The number of carbonyl (C=O) groups excluding carboxylic acids is 2. The van der Waals surface area contributed by atoms with Gasteiger partial charge in [-0.1, -0.05) is 33.3 Å². The van der Waals surface area contributed by atoms with E-state index in [0.29, 0.717) is 35.2 Å². The molecular formula is C36H24N2O16S4. The van der Waals surface area contributed by atoms with Crippen molar-refractivity contribution >= 4 is 99.7 Å². The van der Waals surface area contributed by atoms with Crippen molar-refractivity contribution in [2.75, 3.05) is 0 Å². The zero-order valence-corrected chi connectivity index (χ0v) is 32.6. The summed E-state index contributed by atoms with van der Waals surface area (Å²) in [5.74, 6) is -1.91. The fraction of sp³-hybridized carbons (Fsp3) is 0.0556. The van der Waals surface area contributed by atoms with E-state index in [-0.39, 0.29) is 64.5 Å². The van der Waals surface area contributed by atoms with Gasteiger partial charge < -0.3 is 0 Å². The molecule has 0 fully saturated rings. The molecular weight excluding hydrogens is 845 g/mol. The molecule has 0 aliphatic carbocycles. The highest BCUT2D eigenvalue weighted by Gasteiger charge is 2.26. The highest BCUT2D eigenvalue weighted by atomic mass is 32.2. The Hall–Kier alpha value is -5.34. The van der Waals surface area contributed by atoms with Gasteiger partial charge in [0.05, 0.1) is 55.9 Å². The number of hydrogen-bond acceptors (Lipinski definition) is 16. The molecule has 0 radical (unpaired) electrons. The van der Waals surface area contributed by atoms with E-state index in [0.717, 1.165) is 45.5 Å². The smallest absolute Gasteiger partial charge is 0.288 e. The Labute approximate surface area is 333 Å². The van der Waals surface area contributed by atoms with Gasteiger partial charge in [-0.2, -0.15) is 16.8 Å². The van der Waals surface area contributed by atoms with Gasteiger partial charge in [0.15, 0.2) is 10.9 Å². The van der Waals surface area contributed by atoms with Crippen molar-refractivity contribution < 1.29 is 64.8 Å². The molecule has 0 aliphatic rings. The molecule has 0 saturated carbocycles. The second-order valence-corrected chi connectivity index (χ2v) is 17.0. The summed E-state index contributed by atoms with van der Waals surface area (Å²) in [6.07, 6.45) is 0. The van der Waals surface area contributed by atoms with Gasteiger partial charge in [-0.3, -0.25) is 37.4 Å². The van der Waals surface area contributed by atoms with Gasteiger partial charge in [0.1, 0.15) is 0 Å². The zero-order chi connectivity index (χ0) is 41.8. The third kappa shape index (κ3) is 7.55. The minimum absolute atomic E-state index is 0.00278. The monoisotopic (exact) mass is 868 g/mol. The highest BCUT2D eigenvalue weighted by molar-refractivity contribution is 7.95. The summed E-state index contributed by atoms with van der Waals surface area (Å²) in [6, 6.07) is 17.4. The van der Waals surface area contributed by atoms with Crippen LogP contribution in [0.3, 0.4) is 0 Å². The molecule has 58 heavy (non-hydrogen) atoms. The van der Waals surface area contributed by atoms with E-state index in [4.69, 9.17) is 10.5 Å². The van der Waals surface area contributed by atoms with Crippen LogP contribution in [0.4, 0.5) is 0 Å². The Bertz CT molecular complexity index is 3050. The Morgan fingerprint density at radius 1 is 0.534 bits per heavy atom. The maximum Gasteiger partial charge on any atom is 0.294 e. The third-order valence-electron chi connectivity index (χ3n) is 8.94. The largest absolute Gasteiger partial charge is 0.294 e. The van der Waals surface area contributed by atoms with E-state index in [1.807, 2.05) is 0 Å². The molecule has 0 spiro atoms. The molecule has 2 aromatic heterocycles. The molecule has 298 valence electrons.